The maximum absolute atomic E-state index is 5.82. The summed E-state index contributed by atoms with van der Waals surface area (Å²) in [4.78, 5) is 1.03. The van der Waals surface area contributed by atoms with E-state index in [0.29, 0.717) is 6.61 Å². The molecule has 4 heteroatoms. The van der Waals surface area contributed by atoms with Crippen LogP contribution >= 0.6 is 12.0 Å². The SMILES string of the molecule is Cc1ccc(SO/N=C2\COc3c2ccc2ccccc32)cc1. The van der Waals surface area contributed by atoms with E-state index in [2.05, 4.69) is 42.4 Å². The van der Waals surface area contributed by atoms with E-state index in [1.165, 1.54) is 23.0 Å². The average molecular weight is 321 g/mol. The Morgan fingerprint density at radius 3 is 2.70 bits per heavy atom. The van der Waals surface area contributed by atoms with Crippen molar-refractivity contribution in [3.8, 4) is 5.75 Å². The third-order valence-corrected chi connectivity index (χ3v) is 4.46. The first-order valence-corrected chi connectivity index (χ1v) is 8.17. The van der Waals surface area contributed by atoms with Gasteiger partial charge in [0.15, 0.2) is 0 Å². The van der Waals surface area contributed by atoms with Gasteiger partial charge >= 0.3 is 0 Å². The lowest BCUT2D eigenvalue weighted by Gasteiger charge is -2.03. The molecule has 0 bridgehead atoms. The fourth-order valence-corrected chi connectivity index (χ4v) is 3.08. The predicted octanol–water partition coefficient (Wildman–Crippen LogP) is 4.97. The molecule has 0 saturated heterocycles. The quantitative estimate of drug-likeness (QED) is 0.504. The normalized spacial score (nSPS) is 14.7. The lowest BCUT2D eigenvalue weighted by atomic mass is 10.0. The van der Waals surface area contributed by atoms with E-state index in [-0.39, 0.29) is 0 Å². The Morgan fingerprint density at radius 2 is 1.83 bits per heavy atom. The standard InChI is InChI=1S/C19H15NO2S/c1-13-6-9-15(10-7-13)23-22-20-18-12-21-19-16-5-3-2-4-14(16)8-11-17(18)19/h2-11H,12H2,1H3/b20-18+. The topological polar surface area (TPSA) is 30.8 Å². The first kappa shape index (κ1) is 14.2. The Balaban J connectivity index is 1.56. The zero-order valence-corrected chi connectivity index (χ0v) is 13.5. The maximum Gasteiger partial charge on any atom is 0.137 e. The molecule has 0 saturated carbocycles. The second-order valence-electron chi connectivity index (χ2n) is 5.46. The zero-order chi connectivity index (χ0) is 15.6. The van der Waals surface area contributed by atoms with Crippen molar-refractivity contribution in [2.24, 2.45) is 5.16 Å². The van der Waals surface area contributed by atoms with Gasteiger partial charge < -0.3 is 9.02 Å². The van der Waals surface area contributed by atoms with E-state index in [0.717, 1.165) is 27.3 Å². The van der Waals surface area contributed by atoms with Gasteiger partial charge in [-0.05, 0) is 30.5 Å². The van der Waals surface area contributed by atoms with Crippen LogP contribution in [0, 0.1) is 6.92 Å². The van der Waals surface area contributed by atoms with E-state index in [4.69, 9.17) is 9.02 Å². The molecule has 0 unspecified atom stereocenters. The van der Waals surface area contributed by atoms with Gasteiger partial charge in [0, 0.05) is 10.9 Å². The number of ether oxygens (including phenoxy) is 1. The van der Waals surface area contributed by atoms with Crippen molar-refractivity contribution in [2.45, 2.75) is 11.8 Å². The number of hydrogen-bond acceptors (Lipinski definition) is 4. The van der Waals surface area contributed by atoms with Crippen LogP contribution < -0.4 is 4.74 Å². The predicted molar refractivity (Wildman–Crippen MR) is 94.1 cm³/mol. The van der Waals surface area contributed by atoms with Crippen molar-refractivity contribution >= 4 is 28.5 Å². The van der Waals surface area contributed by atoms with Gasteiger partial charge in [0.1, 0.15) is 30.1 Å². The zero-order valence-electron chi connectivity index (χ0n) is 12.7. The summed E-state index contributed by atoms with van der Waals surface area (Å²) in [5.41, 5.74) is 3.06. The molecule has 0 atom stereocenters. The van der Waals surface area contributed by atoms with Crippen molar-refractivity contribution in [3.63, 3.8) is 0 Å². The second-order valence-corrected chi connectivity index (χ2v) is 6.25. The number of hydrogen-bond donors (Lipinski definition) is 0. The monoisotopic (exact) mass is 321 g/mol. The van der Waals surface area contributed by atoms with Crippen LogP contribution in [-0.4, -0.2) is 12.3 Å². The number of rotatable bonds is 3. The Bertz CT molecular complexity index is 888. The van der Waals surface area contributed by atoms with Gasteiger partial charge in [0.25, 0.3) is 0 Å². The molecule has 0 radical (unpaired) electrons. The Kier molecular flexibility index (Phi) is 3.67. The summed E-state index contributed by atoms with van der Waals surface area (Å²) in [7, 11) is 0. The second kappa shape index (κ2) is 5.97. The summed E-state index contributed by atoms with van der Waals surface area (Å²) in [5, 5.41) is 6.53. The summed E-state index contributed by atoms with van der Waals surface area (Å²) < 4.78 is 11.3. The highest BCUT2D eigenvalue weighted by Crippen LogP contribution is 2.34. The summed E-state index contributed by atoms with van der Waals surface area (Å²) in [6.45, 7) is 2.50. The average Bonchev–Trinajstić information content (AvgIpc) is 3.00. The van der Waals surface area contributed by atoms with Gasteiger partial charge in [0.2, 0.25) is 0 Å². The highest BCUT2D eigenvalue weighted by atomic mass is 32.2. The number of aryl methyl sites for hydroxylation is 1. The van der Waals surface area contributed by atoms with E-state index in [1.54, 1.807) is 0 Å². The molecule has 1 heterocycles. The van der Waals surface area contributed by atoms with Gasteiger partial charge in [-0.2, -0.15) is 0 Å². The minimum Gasteiger partial charge on any atom is -0.486 e. The first-order valence-electron chi connectivity index (χ1n) is 7.43. The van der Waals surface area contributed by atoms with Gasteiger partial charge in [-0.25, -0.2) is 0 Å². The molecule has 0 spiro atoms. The summed E-state index contributed by atoms with van der Waals surface area (Å²) in [6.07, 6.45) is 0. The molecule has 0 amide bonds. The largest absolute Gasteiger partial charge is 0.486 e. The van der Waals surface area contributed by atoms with E-state index in [9.17, 15) is 0 Å². The molecule has 3 nitrogen and oxygen atoms in total. The van der Waals surface area contributed by atoms with Crippen LogP contribution in [0.15, 0.2) is 70.7 Å². The number of nitrogens with zero attached hydrogens (tertiary/aromatic N) is 1. The van der Waals surface area contributed by atoms with E-state index < -0.39 is 0 Å². The first-order chi connectivity index (χ1) is 11.3. The van der Waals surface area contributed by atoms with E-state index >= 15 is 0 Å². The Hall–Kier alpha value is -2.46. The Labute approximate surface area is 139 Å². The minimum absolute atomic E-state index is 0.442. The van der Waals surface area contributed by atoms with Crippen LogP contribution in [0.4, 0.5) is 0 Å². The van der Waals surface area contributed by atoms with Crippen LogP contribution in [0.3, 0.4) is 0 Å². The number of fused-ring (bicyclic) bond motifs is 3. The lowest BCUT2D eigenvalue weighted by molar-refractivity contribution is 0.378. The molecule has 0 aromatic heterocycles. The molecular formula is C19H15NO2S. The van der Waals surface area contributed by atoms with Crippen molar-refractivity contribution in [1.82, 2.24) is 0 Å². The van der Waals surface area contributed by atoms with Crippen LogP contribution in [0.5, 0.6) is 5.75 Å². The summed E-state index contributed by atoms with van der Waals surface area (Å²) in [5.74, 6) is 0.894. The number of benzene rings is 3. The van der Waals surface area contributed by atoms with Crippen molar-refractivity contribution in [2.75, 3.05) is 6.61 Å². The summed E-state index contributed by atoms with van der Waals surface area (Å²) >= 11 is 1.25. The Morgan fingerprint density at radius 1 is 1.00 bits per heavy atom. The third kappa shape index (κ3) is 2.78. The van der Waals surface area contributed by atoms with Crippen LogP contribution in [-0.2, 0) is 4.28 Å². The summed E-state index contributed by atoms with van der Waals surface area (Å²) in [6, 6.07) is 20.5. The molecule has 4 rings (SSSR count). The third-order valence-electron chi connectivity index (χ3n) is 3.85. The smallest absolute Gasteiger partial charge is 0.137 e. The number of oxime groups is 1. The van der Waals surface area contributed by atoms with Gasteiger partial charge in [0.05, 0.1) is 4.90 Å². The van der Waals surface area contributed by atoms with Crippen LogP contribution in [0.1, 0.15) is 11.1 Å². The van der Waals surface area contributed by atoms with Gasteiger partial charge in [-0.1, -0.05) is 53.2 Å². The van der Waals surface area contributed by atoms with Crippen molar-refractivity contribution < 1.29 is 9.02 Å². The lowest BCUT2D eigenvalue weighted by Crippen LogP contribution is -2.02. The molecule has 0 aliphatic carbocycles. The van der Waals surface area contributed by atoms with Gasteiger partial charge in [-0.15, -0.1) is 0 Å². The molecule has 1 aliphatic rings. The van der Waals surface area contributed by atoms with Crippen LogP contribution in [0.2, 0.25) is 0 Å². The van der Waals surface area contributed by atoms with Crippen molar-refractivity contribution in [1.29, 1.82) is 0 Å². The highest BCUT2D eigenvalue weighted by Gasteiger charge is 2.22. The van der Waals surface area contributed by atoms with Gasteiger partial charge in [-0.3, -0.25) is 0 Å². The van der Waals surface area contributed by atoms with Crippen molar-refractivity contribution in [3.05, 3.63) is 71.8 Å². The molecule has 23 heavy (non-hydrogen) atoms. The fourth-order valence-electron chi connectivity index (χ4n) is 2.62. The molecular weight excluding hydrogens is 306 g/mol. The molecule has 0 N–H and O–H groups in total. The fraction of sp³-hybridized carbons (Fsp3) is 0.105. The molecule has 3 aromatic rings. The highest BCUT2D eigenvalue weighted by molar-refractivity contribution is 7.94. The molecule has 114 valence electrons. The molecule has 3 aromatic carbocycles. The maximum atomic E-state index is 5.82. The minimum atomic E-state index is 0.442. The van der Waals surface area contributed by atoms with E-state index in [1.807, 2.05) is 30.3 Å². The van der Waals surface area contributed by atoms with Crippen LogP contribution in [0.25, 0.3) is 10.8 Å². The molecule has 0 fully saturated rings. The molecule has 1 aliphatic heterocycles.